The highest BCUT2D eigenvalue weighted by atomic mass is 16.6. The van der Waals surface area contributed by atoms with E-state index in [1.165, 1.54) is 12.2 Å². The number of hydrogen-bond donors (Lipinski definition) is 3. The molecule has 0 saturated heterocycles. The Balaban J connectivity index is 1.67. The van der Waals surface area contributed by atoms with Crippen LogP contribution >= 0.6 is 0 Å². The minimum absolute atomic E-state index is 0.165. The molecule has 16 heteroatoms. The van der Waals surface area contributed by atoms with Crippen molar-refractivity contribution in [3.8, 4) is 0 Å². The molecule has 0 aliphatic heterocycles. The number of benzene rings is 3. The second kappa shape index (κ2) is 41.1. The lowest BCUT2D eigenvalue weighted by Gasteiger charge is -2.17. The Hall–Kier alpha value is -7.10. The van der Waals surface area contributed by atoms with Crippen molar-refractivity contribution in [2.24, 2.45) is 29.6 Å². The van der Waals surface area contributed by atoms with Crippen LogP contribution in [-0.4, -0.2) is 77.8 Å². The monoisotopic (exact) mass is 1190 g/mol. The van der Waals surface area contributed by atoms with Gasteiger partial charge in [0.2, 0.25) is 17.8 Å². The summed E-state index contributed by atoms with van der Waals surface area (Å²) >= 11 is 0. The van der Waals surface area contributed by atoms with Gasteiger partial charge in [-0.15, -0.1) is 0 Å². The summed E-state index contributed by atoms with van der Waals surface area (Å²) in [6, 6.07) is 21.0. The first-order valence-electron chi connectivity index (χ1n) is 32.4. The molecule has 4 rings (SSSR count). The Bertz CT molecular complexity index is 2480. The van der Waals surface area contributed by atoms with E-state index in [4.69, 9.17) is 38.6 Å². The largest absolute Gasteiger partial charge is 0.462 e. The van der Waals surface area contributed by atoms with E-state index in [-0.39, 0.29) is 79.1 Å². The number of nitrogens with one attached hydrogen (secondary N) is 3. The van der Waals surface area contributed by atoms with Crippen molar-refractivity contribution in [2.75, 3.05) is 49.0 Å². The average Bonchev–Trinajstić information content (AvgIpc) is 3.39. The molecule has 0 spiro atoms. The fourth-order valence-electron chi connectivity index (χ4n) is 9.53. The molecular formula is C70H102N6O10. The summed E-state index contributed by atoms with van der Waals surface area (Å²) in [7, 11) is 0. The maximum absolute atomic E-state index is 13.7. The van der Waals surface area contributed by atoms with E-state index in [9.17, 15) is 24.0 Å². The number of carbonyl (C=O) groups excluding carboxylic acids is 5. The standard InChI is InChI=1S/C70H102N6O10/c1-11-21-26-50(16-6)45-82-63(77)57-35-41-60(42-36-57)73-70-75-68(71-58-37-31-55(32-38-58)43-61(64(78)83-46-51(17-7)27-22-12-2)65(79)84-47-52(18-8)28-23-13-3)74-69(76-70)72-59-39-33-56(34-40-59)44-62(66(80)85-48-53(19-9)29-24-14-4)67(81)86-49-54(20-10)30-25-15-5/h31-44,50-54H,11-30,45-49H2,1-10H3,(H3,71,72,73,74,75,76). The van der Waals surface area contributed by atoms with Crippen molar-refractivity contribution < 1.29 is 47.7 Å². The van der Waals surface area contributed by atoms with Gasteiger partial charge >= 0.3 is 29.8 Å². The van der Waals surface area contributed by atoms with Crippen LogP contribution in [0.2, 0.25) is 0 Å². The van der Waals surface area contributed by atoms with Crippen LogP contribution in [0.25, 0.3) is 12.2 Å². The fourth-order valence-corrected chi connectivity index (χ4v) is 9.53. The first-order chi connectivity index (χ1) is 41.7. The van der Waals surface area contributed by atoms with E-state index in [1.807, 2.05) is 0 Å². The average molecular weight is 1190 g/mol. The van der Waals surface area contributed by atoms with E-state index >= 15 is 0 Å². The SMILES string of the molecule is CCCCC(CC)COC(=O)C(=Cc1ccc(Nc2nc(Nc3ccc(C=C(C(=O)OCC(CC)CCCC)C(=O)OCC(CC)CCCC)cc3)nc(Nc3ccc(C(=O)OCC(CC)CCCC)cc3)n2)cc1)C(=O)OCC(CC)CCCC. The van der Waals surface area contributed by atoms with E-state index in [2.05, 4.69) is 85.2 Å². The van der Waals surface area contributed by atoms with Gasteiger partial charge in [0.05, 0.1) is 38.6 Å². The van der Waals surface area contributed by atoms with Gasteiger partial charge in [-0.25, -0.2) is 24.0 Å². The topological polar surface area (TPSA) is 206 Å². The van der Waals surface area contributed by atoms with Crippen LogP contribution in [0.4, 0.5) is 34.9 Å². The van der Waals surface area contributed by atoms with Crippen LogP contribution in [0, 0.1) is 29.6 Å². The summed E-state index contributed by atoms with van der Waals surface area (Å²) < 4.78 is 28.8. The van der Waals surface area contributed by atoms with Gasteiger partial charge in [0, 0.05) is 17.1 Å². The number of hydrogen-bond acceptors (Lipinski definition) is 16. The summed E-state index contributed by atoms with van der Waals surface area (Å²) in [5.41, 5.74) is 2.99. The zero-order valence-electron chi connectivity index (χ0n) is 53.6. The highest BCUT2D eigenvalue weighted by molar-refractivity contribution is 6.18. The minimum Gasteiger partial charge on any atom is -0.462 e. The molecule has 4 aromatic rings. The first kappa shape index (κ1) is 71.4. The second-order valence-corrected chi connectivity index (χ2v) is 22.7. The van der Waals surface area contributed by atoms with Crippen molar-refractivity contribution >= 4 is 76.9 Å². The second-order valence-electron chi connectivity index (χ2n) is 22.7. The lowest BCUT2D eigenvalue weighted by atomic mass is 10.0. The highest BCUT2D eigenvalue weighted by Gasteiger charge is 2.26. The smallest absolute Gasteiger partial charge is 0.345 e. The predicted molar refractivity (Wildman–Crippen MR) is 346 cm³/mol. The van der Waals surface area contributed by atoms with Crippen molar-refractivity contribution in [3.63, 3.8) is 0 Å². The van der Waals surface area contributed by atoms with Gasteiger partial charge in [-0.3, -0.25) is 0 Å². The van der Waals surface area contributed by atoms with Gasteiger partial charge in [-0.2, -0.15) is 15.0 Å². The number of rotatable bonds is 43. The van der Waals surface area contributed by atoms with Gasteiger partial charge in [-0.1, -0.05) is 190 Å². The quantitative estimate of drug-likeness (QED) is 0.0124. The Morgan fingerprint density at radius 3 is 0.849 bits per heavy atom. The fraction of sp³-hybridized carbons (Fsp3) is 0.571. The molecule has 16 nitrogen and oxygen atoms in total. The summed E-state index contributed by atoms with van der Waals surface area (Å²) in [4.78, 5) is 82.0. The Kier molecular flexibility index (Phi) is 34.1. The Morgan fingerprint density at radius 1 is 0.360 bits per heavy atom. The van der Waals surface area contributed by atoms with Crippen LogP contribution in [0.15, 0.2) is 83.9 Å². The number of anilines is 6. The van der Waals surface area contributed by atoms with Crippen molar-refractivity contribution in [2.45, 2.75) is 198 Å². The number of esters is 5. The molecule has 0 aliphatic rings. The van der Waals surface area contributed by atoms with Crippen LogP contribution in [0.3, 0.4) is 0 Å². The molecule has 3 N–H and O–H groups in total. The molecule has 5 unspecified atom stereocenters. The summed E-state index contributed by atoms with van der Waals surface area (Å²) in [5, 5.41) is 9.79. The zero-order chi connectivity index (χ0) is 62.5. The van der Waals surface area contributed by atoms with Crippen molar-refractivity contribution in [3.05, 3.63) is 101 Å². The van der Waals surface area contributed by atoms with Crippen LogP contribution in [0.5, 0.6) is 0 Å². The molecule has 0 bridgehead atoms. The molecule has 0 saturated carbocycles. The minimum atomic E-state index is -0.719. The summed E-state index contributed by atoms with van der Waals surface area (Å²) in [6.45, 7) is 22.3. The maximum Gasteiger partial charge on any atom is 0.345 e. The number of nitrogens with zero attached hydrogens (tertiary/aromatic N) is 3. The molecule has 0 amide bonds. The molecule has 472 valence electrons. The van der Waals surface area contributed by atoms with Crippen molar-refractivity contribution in [1.29, 1.82) is 0 Å². The van der Waals surface area contributed by atoms with Gasteiger partial charge in [0.25, 0.3) is 0 Å². The van der Waals surface area contributed by atoms with Crippen LogP contribution < -0.4 is 16.0 Å². The lowest BCUT2D eigenvalue weighted by molar-refractivity contribution is -0.150. The molecule has 1 aromatic heterocycles. The number of aromatic nitrogens is 3. The maximum atomic E-state index is 13.7. The molecule has 5 atom stereocenters. The molecule has 1 heterocycles. The Labute approximate surface area is 514 Å². The third kappa shape index (κ3) is 26.3. The van der Waals surface area contributed by atoms with Gasteiger partial charge in [0.15, 0.2) is 0 Å². The number of carbonyl (C=O) groups is 5. The summed E-state index contributed by atoms with van der Waals surface area (Å²) in [5.74, 6) is -1.70. The van der Waals surface area contributed by atoms with Gasteiger partial charge in [-0.05, 0) is 134 Å². The molecular weight excluding hydrogens is 1080 g/mol. The van der Waals surface area contributed by atoms with E-state index in [0.717, 1.165) is 128 Å². The van der Waals surface area contributed by atoms with E-state index in [0.29, 0.717) is 46.3 Å². The third-order valence-corrected chi connectivity index (χ3v) is 15.8. The molecule has 0 fully saturated rings. The van der Waals surface area contributed by atoms with Gasteiger partial charge in [0.1, 0.15) is 11.1 Å². The van der Waals surface area contributed by atoms with Gasteiger partial charge < -0.3 is 39.6 Å². The third-order valence-electron chi connectivity index (χ3n) is 15.8. The van der Waals surface area contributed by atoms with Crippen LogP contribution in [0.1, 0.15) is 219 Å². The lowest BCUT2D eigenvalue weighted by Crippen LogP contribution is -2.23. The van der Waals surface area contributed by atoms with E-state index in [1.54, 1.807) is 72.8 Å². The van der Waals surface area contributed by atoms with Crippen molar-refractivity contribution in [1.82, 2.24) is 15.0 Å². The van der Waals surface area contributed by atoms with Crippen LogP contribution in [-0.2, 0) is 42.9 Å². The zero-order valence-corrected chi connectivity index (χ0v) is 53.6. The first-order valence-corrected chi connectivity index (χ1v) is 32.4. The molecule has 0 aliphatic carbocycles. The molecule has 3 aromatic carbocycles. The highest BCUT2D eigenvalue weighted by Crippen LogP contribution is 2.26. The number of unbranched alkanes of at least 4 members (excludes halogenated alkanes) is 5. The normalized spacial score (nSPS) is 12.8. The number of ether oxygens (including phenoxy) is 5. The molecule has 86 heavy (non-hydrogen) atoms. The Morgan fingerprint density at radius 2 is 0.605 bits per heavy atom. The van der Waals surface area contributed by atoms with E-state index < -0.39 is 29.8 Å². The predicted octanol–water partition coefficient (Wildman–Crippen LogP) is 17.3. The molecule has 0 radical (unpaired) electrons. The summed E-state index contributed by atoms with van der Waals surface area (Å²) in [6.07, 6.45) is 22.5.